The Hall–Kier alpha value is -2.38. The molecule has 0 saturated carbocycles. The summed E-state index contributed by atoms with van der Waals surface area (Å²) in [5.41, 5.74) is 2.62. The van der Waals surface area contributed by atoms with Crippen molar-refractivity contribution in [2.75, 3.05) is 63.8 Å². The lowest BCUT2D eigenvalue weighted by Gasteiger charge is -2.37. The highest BCUT2D eigenvalue weighted by atomic mass is 32.1. The lowest BCUT2D eigenvalue weighted by molar-refractivity contribution is -0.892. The molecule has 6 nitrogen and oxygen atoms in total. The maximum Gasteiger partial charge on any atom is 0.277 e. The molecule has 154 valence electrons. The summed E-state index contributed by atoms with van der Waals surface area (Å²) >= 11 is 1.48. The topological polar surface area (TPSA) is 48.3 Å². The van der Waals surface area contributed by atoms with Crippen LogP contribution in [0.25, 0.3) is 0 Å². The Bertz CT molecular complexity index is 838. The largest absolute Gasteiger partial charge is 0.360 e. The molecular formula is C22H29N4O2S+. The predicted octanol–water partition coefficient (Wildman–Crippen LogP) is 0.746. The number of hydrogen-bond acceptors (Lipinski definition) is 4. The van der Waals surface area contributed by atoms with Gasteiger partial charge in [0.15, 0.2) is 6.54 Å². The third-order valence-corrected chi connectivity index (χ3v) is 6.84. The Kier molecular flexibility index (Phi) is 6.16. The minimum Gasteiger partial charge on any atom is -0.360 e. The molecular weight excluding hydrogens is 384 g/mol. The average Bonchev–Trinajstić information content (AvgIpc) is 3.29. The molecule has 2 amide bonds. The Morgan fingerprint density at radius 2 is 1.62 bits per heavy atom. The number of nitrogens with one attached hydrogen (secondary N) is 1. The fourth-order valence-corrected chi connectivity index (χ4v) is 4.89. The van der Waals surface area contributed by atoms with Gasteiger partial charge in [-0.1, -0.05) is 24.3 Å². The lowest BCUT2D eigenvalue weighted by Crippen LogP contribution is -3.16. The number of carbonyl (C=O) groups excluding carboxylic acids is 2. The van der Waals surface area contributed by atoms with E-state index in [4.69, 9.17) is 0 Å². The number of quaternary nitrogens is 1. The average molecular weight is 414 g/mol. The number of carbonyl (C=O) groups is 2. The highest BCUT2D eigenvalue weighted by Crippen LogP contribution is 2.19. The molecule has 2 aliphatic heterocycles. The second kappa shape index (κ2) is 8.97. The fraction of sp³-hybridized carbons (Fsp3) is 0.455. The zero-order valence-electron chi connectivity index (χ0n) is 17.0. The van der Waals surface area contributed by atoms with Crippen LogP contribution in [0.2, 0.25) is 0 Å². The van der Waals surface area contributed by atoms with Crippen molar-refractivity contribution in [1.29, 1.82) is 0 Å². The molecule has 2 fully saturated rings. The minimum atomic E-state index is 0.0880. The molecule has 1 aromatic heterocycles. The SMILES string of the molecule is Cc1ccccc1N1CC[NH+](CC(=O)N2CCN(C(=O)c3cccs3)CC2)CC1. The van der Waals surface area contributed by atoms with Crippen LogP contribution in [0.5, 0.6) is 0 Å². The molecule has 3 heterocycles. The van der Waals surface area contributed by atoms with E-state index in [0.29, 0.717) is 32.7 Å². The number of aryl methyl sites for hydroxylation is 1. The fourth-order valence-electron chi connectivity index (χ4n) is 4.20. The number of benzene rings is 1. The molecule has 2 aromatic rings. The molecule has 29 heavy (non-hydrogen) atoms. The summed E-state index contributed by atoms with van der Waals surface area (Å²) in [6, 6.07) is 12.3. The summed E-state index contributed by atoms with van der Waals surface area (Å²) in [5.74, 6) is 0.303. The standard InChI is InChI=1S/C22H28N4O2S/c1-18-5-2-3-6-19(18)24-10-8-23(9-11-24)17-21(27)25-12-14-26(15-13-25)22(28)20-7-4-16-29-20/h2-7,16H,8-15,17H2,1H3/p+1. The van der Waals surface area contributed by atoms with Crippen molar-refractivity contribution < 1.29 is 14.5 Å². The first-order valence-electron chi connectivity index (χ1n) is 10.4. The Morgan fingerprint density at radius 1 is 0.931 bits per heavy atom. The summed E-state index contributed by atoms with van der Waals surface area (Å²) < 4.78 is 0. The smallest absolute Gasteiger partial charge is 0.277 e. The van der Waals surface area contributed by atoms with Gasteiger partial charge in [-0.15, -0.1) is 11.3 Å². The third kappa shape index (κ3) is 4.62. The van der Waals surface area contributed by atoms with E-state index in [-0.39, 0.29) is 11.8 Å². The normalized spacial score (nSPS) is 18.2. The molecule has 2 saturated heterocycles. The molecule has 0 spiro atoms. The summed E-state index contributed by atoms with van der Waals surface area (Å²) in [7, 11) is 0. The van der Waals surface area contributed by atoms with E-state index in [1.54, 1.807) is 0 Å². The van der Waals surface area contributed by atoms with Gasteiger partial charge in [0, 0.05) is 31.9 Å². The summed E-state index contributed by atoms with van der Waals surface area (Å²) in [6.45, 7) is 9.16. The zero-order chi connectivity index (χ0) is 20.2. The molecule has 4 rings (SSSR count). The quantitative estimate of drug-likeness (QED) is 0.805. The van der Waals surface area contributed by atoms with Crippen LogP contribution in [-0.4, -0.2) is 80.5 Å². The third-order valence-electron chi connectivity index (χ3n) is 5.98. The number of piperazine rings is 2. The van der Waals surface area contributed by atoms with Crippen LogP contribution in [0.4, 0.5) is 5.69 Å². The van der Waals surface area contributed by atoms with Gasteiger partial charge in [0.25, 0.3) is 11.8 Å². The summed E-state index contributed by atoms with van der Waals surface area (Å²) in [6.07, 6.45) is 0. The Morgan fingerprint density at radius 3 is 2.28 bits per heavy atom. The van der Waals surface area contributed by atoms with E-state index >= 15 is 0 Å². The predicted molar refractivity (Wildman–Crippen MR) is 116 cm³/mol. The Balaban J connectivity index is 1.23. The number of rotatable bonds is 4. The number of anilines is 1. The molecule has 0 atom stereocenters. The lowest BCUT2D eigenvalue weighted by atomic mass is 10.1. The van der Waals surface area contributed by atoms with Crippen LogP contribution < -0.4 is 9.80 Å². The van der Waals surface area contributed by atoms with Gasteiger partial charge in [0.05, 0.1) is 31.1 Å². The first-order valence-corrected chi connectivity index (χ1v) is 11.2. The van der Waals surface area contributed by atoms with Crippen molar-refractivity contribution >= 4 is 28.8 Å². The highest BCUT2D eigenvalue weighted by molar-refractivity contribution is 7.12. The number of nitrogens with zero attached hydrogens (tertiary/aromatic N) is 3. The molecule has 7 heteroatoms. The number of hydrogen-bond donors (Lipinski definition) is 1. The first-order chi connectivity index (χ1) is 14.1. The van der Waals surface area contributed by atoms with Gasteiger partial charge in [-0.3, -0.25) is 9.59 Å². The second-order valence-electron chi connectivity index (χ2n) is 7.85. The number of thiophene rings is 1. The van der Waals surface area contributed by atoms with E-state index in [1.165, 1.54) is 27.5 Å². The van der Waals surface area contributed by atoms with Gasteiger partial charge in [-0.2, -0.15) is 0 Å². The van der Waals surface area contributed by atoms with Crippen LogP contribution in [0.3, 0.4) is 0 Å². The van der Waals surface area contributed by atoms with Crippen molar-refractivity contribution in [3.05, 3.63) is 52.2 Å². The molecule has 0 radical (unpaired) electrons. The molecule has 1 N–H and O–H groups in total. The van der Waals surface area contributed by atoms with Crippen LogP contribution in [0, 0.1) is 6.92 Å². The van der Waals surface area contributed by atoms with E-state index < -0.39 is 0 Å². The van der Waals surface area contributed by atoms with Crippen molar-refractivity contribution in [3.8, 4) is 0 Å². The zero-order valence-corrected chi connectivity index (χ0v) is 17.8. The van der Waals surface area contributed by atoms with E-state index in [9.17, 15) is 9.59 Å². The van der Waals surface area contributed by atoms with Gasteiger partial charge >= 0.3 is 0 Å². The minimum absolute atomic E-state index is 0.0880. The van der Waals surface area contributed by atoms with Crippen LogP contribution in [0.1, 0.15) is 15.2 Å². The molecule has 0 unspecified atom stereocenters. The van der Waals surface area contributed by atoms with Crippen molar-refractivity contribution in [3.63, 3.8) is 0 Å². The summed E-state index contributed by atoms with van der Waals surface area (Å²) in [4.78, 5) is 33.6. The molecule has 0 aliphatic carbocycles. The summed E-state index contributed by atoms with van der Waals surface area (Å²) in [5, 5.41) is 1.93. The van der Waals surface area contributed by atoms with Crippen molar-refractivity contribution in [2.24, 2.45) is 0 Å². The maximum atomic E-state index is 12.8. The first kappa shape index (κ1) is 19.9. The highest BCUT2D eigenvalue weighted by Gasteiger charge is 2.29. The molecule has 0 bridgehead atoms. The van der Waals surface area contributed by atoms with Crippen LogP contribution >= 0.6 is 11.3 Å². The van der Waals surface area contributed by atoms with Gasteiger partial charge < -0.3 is 19.6 Å². The van der Waals surface area contributed by atoms with Gasteiger partial charge in [-0.25, -0.2) is 0 Å². The number of amides is 2. The Labute approximate surface area is 176 Å². The number of para-hydroxylation sites is 1. The van der Waals surface area contributed by atoms with Crippen molar-refractivity contribution in [2.45, 2.75) is 6.92 Å². The van der Waals surface area contributed by atoms with Gasteiger partial charge in [-0.05, 0) is 30.0 Å². The van der Waals surface area contributed by atoms with Gasteiger partial charge in [0.1, 0.15) is 0 Å². The molecule has 2 aliphatic rings. The van der Waals surface area contributed by atoms with E-state index in [0.717, 1.165) is 31.1 Å². The van der Waals surface area contributed by atoms with E-state index in [1.807, 2.05) is 27.3 Å². The van der Waals surface area contributed by atoms with Crippen LogP contribution in [-0.2, 0) is 4.79 Å². The van der Waals surface area contributed by atoms with Gasteiger partial charge in [0.2, 0.25) is 0 Å². The maximum absolute atomic E-state index is 12.8. The van der Waals surface area contributed by atoms with Crippen molar-refractivity contribution in [1.82, 2.24) is 9.80 Å². The monoisotopic (exact) mass is 413 g/mol. The van der Waals surface area contributed by atoms with E-state index in [2.05, 4.69) is 36.1 Å². The van der Waals surface area contributed by atoms with Crippen LogP contribution in [0.15, 0.2) is 41.8 Å². The second-order valence-corrected chi connectivity index (χ2v) is 8.80. The molecule has 1 aromatic carbocycles.